The molecule has 0 aromatic heterocycles. The molecule has 0 N–H and O–H groups in total. The van der Waals surface area contributed by atoms with Gasteiger partial charge in [0.25, 0.3) is 0 Å². The molecular weight excluding hydrogens is 405 g/mol. The van der Waals surface area contributed by atoms with E-state index in [0.29, 0.717) is 0 Å². The molecule has 0 saturated carbocycles. The molecule has 28 valence electrons. The fourth-order valence-electron chi connectivity index (χ4n) is 0. The third kappa shape index (κ3) is 108. The van der Waals surface area contributed by atoms with Gasteiger partial charge < -0.3 is 0 Å². The van der Waals surface area contributed by atoms with Crippen LogP contribution in [-0.4, -0.2) is 7.28 Å². The Morgan fingerprint density at radius 1 is 1.20 bits per heavy atom. The van der Waals surface area contributed by atoms with Gasteiger partial charge in [-0.25, -0.2) is 0 Å². The quantitative estimate of drug-likeness (QED) is 0.518. The third-order valence-electron chi connectivity index (χ3n) is 0. The molecule has 0 aliphatic carbocycles. The van der Waals surface area contributed by atoms with E-state index in [1.54, 1.807) is 0 Å². The SMILES string of the molecule is C[B]C.[Rf].[Rh]. The fraction of sp³-hybridized carbons (Fsp3) is 1.00. The van der Waals surface area contributed by atoms with E-state index in [4.69, 9.17) is 0 Å². The van der Waals surface area contributed by atoms with E-state index in [2.05, 4.69) is 0 Å². The first-order valence-corrected chi connectivity index (χ1v) is 1.15. The molecule has 0 spiro atoms. The molecule has 3 heteroatoms. The fourth-order valence-corrected chi connectivity index (χ4v) is 0. The molecule has 0 amide bonds. The van der Waals surface area contributed by atoms with E-state index in [1.165, 1.54) is 0 Å². The molecule has 0 aromatic carbocycles. The zero-order valence-electron chi connectivity index (χ0n) is 3.62. The largest absolute Gasteiger partial charge is 0.102 e. The smallest absolute Gasteiger partial charge is 0.0922 e. The zero-order chi connectivity index (χ0) is 2.71. The van der Waals surface area contributed by atoms with Crippen LogP contribution < -0.4 is 0 Å². The Balaban J connectivity index is -0.0000000200. The summed E-state index contributed by atoms with van der Waals surface area (Å²) >= 11 is 0. The van der Waals surface area contributed by atoms with Crippen molar-refractivity contribution in [1.82, 2.24) is 0 Å². The van der Waals surface area contributed by atoms with Crippen molar-refractivity contribution >= 4 is 7.28 Å². The minimum Gasteiger partial charge on any atom is -0.0922 e. The summed E-state index contributed by atoms with van der Waals surface area (Å²) in [5, 5.41) is 0. The molecular formula is C2H6BRfRh. The average molecular weight is 411 g/mol. The Bertz CT molecular complexity index is 9.61. The van der Waals surface area contributed by atoms with Gasteiger partial charge in [0.2, 0.25) is 0 Å². The van der Waals surface area contributed by atoms with E-state index in [1.807, 2.05) is 20.9 Å². The van der Waals surface area contributed by atoms with Crippen LogP contribution in [0.3, 0.4) is 0 Å². The molecule has 0 aromatic rings. The predicted octanol–water partition coefficient (Wildman–Crippen LogP) is 0.784. The first-order chi connectivity index (χ1) is 1.41. The van der Waals surface area contributed by atoms with Gasteiger partial charge in [-0.05, 0) is 0 Å². The van der Waals surface area contributed by atoms with Crippen LogP contribution in [0.4, 0.5) is 0 Å². The maximum atomic E-state index is 2.00. The van der Waals surface area contributed by atoms with Gasteiger partial charge in [-0.15, -0.1) is 0 Å². The zero-order valence-corrected chi connectivity index (χ0v) is 11.7. The molecule has 0 atom stereocenters. The molecule has 0 rings (SSSR count). The number of hydrogen-bond donors (Lipinski definition) is 0. The molecule has 0 aliphatic heterocycles. The monoisotopic (exact) mass is 411 g/mol. The molecule has 0 aliphatic rings. The van der Waals surface area contributed by atoms with Crippen LogP contribution >= 0.6 is 0 Å². The first-order valence-electron chi connectivity index (χ1n) is 1.15. The molecule has 0 nitrogen and oxygen atoms in total. The molecule has 2 radical (unpaired) electrons. The van der Waals surface area contributed by atoms with Crippen LogP contribution in [0.2, 0.25) is 13.6 Å². The van der Waals surface area contributed by atoms with Gasteiger partial charge in [0.05, 0.1) is 0 Å². The molecule has 0 saturated heterocycles. The van der Waals surface area contributed by atoms with Gasteiger partial charge in [-0.3, -0.25) is 0 Å². The Kier molecular flexibility index (Phi) is 252. The topological polar surface area (TPSA) is 0 Å². The Labute approximate surface area is 41.0 Å². The summed E-state index contributed by atoms with van der Waals surface area (Å²) in [6.07, 6.45) is 0. The van der Waals surface area contributed by atoms with Crippen LogP contribution in [0, 0.1) is 0 Å². The maximum absolute atomic E-state index is 2.00. The summed E-state index contributed by atoms with van der Waals surface area (Å²) in [5.41, 5.74) is 0. The summed E-state index contributed by atoms with van der Waals surface area (Å²) < 4.78 is 0. The second kappa shape index (κ2) is 56.3. The van der Waals surface area contributed by atoms with Crippen molar-refractivity contribution in [3.05, 3.63) is 0 Å². The molecule has 0 fully saturated rings. The van der Waals surface area contributed by atoms with Crippen molar-refractivity contribution < 1.29 is 19.5 Å². The Morgan fingerprint density at radius 2 is 1.20 bits per heavy atom. The average Bonchev–Trinajstić information content (AvgIpc) is 0.918. The Morgan fingerprint density at radius 3 is 1.20 bits per heavy atom. The summed E-state index contributed by atoms with van der Waals surface area (Å²) in [6, 6.07) is 0. The molecule has 5 heavy (non-hydrogen) atoms. The van der Waals surface area contributed by atoms with Crippen molar-refractivity contribution in [3.63, 3.8) is 0 Å². The van der Waals surface area contributed by atoms with Crippen LogP contribution in [0.25, 0.3) is 0 Å². The standard InChI is InChI=1S/C2H6B.Rf.Rh/c1-3-2;;/h1-2H3;;. The van der Waals surface area contributed by atoms with Crippen LogP contribution in [-0.2, 0) is 19.5 Å². The van der Waals surface area contributed by atoms with E-state index in [9.17, 15) is 0 Å². The van der Waals surface area contributed by atoms with E-state index in [-0.39, 0.29) is 19.5 Å². The number of rotatable bonds is 0. The van der Waals surface area contributed by atoms with Crippen molar-refractivity contribution in [2.45, 2.75) is 13.6 Å². The summed E-state index contributed by atoms with van der Waals surface area (Å²) in [6.45, 7) is 4.00. The van der Waals surface area contributed by atoms with Crippen LogP contribution in [0.5, 0.6) is 0 Å². The van der Waals surface area contributed by atoms with Crippen LogP contribution in [0.1, 0.15) is 0 Å². The minimum atomic E-state index is 0. The number of hydrogen-bond acceptors (Lipinski definition) is 0. The predicted molar refractivity (Wildman–Crippen MR) is 17.5 cm³/mol. The normalized spacial score (nSPS) is 2.80. The van der Waals surface area contributed by atoms with Gasteiger partial charge in [0, 0.05) is 19.5 Å². The Hall–Kier alpha value is -0.312. The van der Waals surface area contributed by atoms with Crippen molar-refractivity contribution in [2.75, 3.05) is 0 Å². The summed E-state index contributed by atoms with van der Waals surface area (Å²) in [4.78, 5) is 0. The van der Waals surface area contributed by atoms with Gasteiger partial charge >= 0.3 is 0 Å². The molecule has 0 unspecified atom stereocenters. The van der Waals surface area contributed by atoms with Gasteiger partial charge in [-0.2, -0.15) is 0 Å². The second-order valence-corrected chi connectivity index (χ2v) is 0.577. The minimum absolute atomic E-state index is 0. The van der Waals surface area contributed by atoms with E-state index in [0.717, 1.165) is 0 Å². The van der Waals surface area contributed by atoms with E-state index < -0.39 is 0 Å². The summed E-state index contributed by atoms with van der Waals surface area (Å²) in [5.74, 6) is 0. The van der Waals surface area contributed by atoms with Gasteiger partial charge in [-0.1, -0.05) is 13.6 Å². The summed E-state index contributed by atoms with van der Waals surface area (Å²) in [7, 11) is 2.00. The van der Waals surface area contributed by atoms with Crippen LogP contribution in [0.15, 0.2) is 0 Å². The van der Waals surface area contributed by atoms with Crippen molar-refractivity contribution in [1.29, 1.82) is 0 Å². The van der Waals surface area contributed by atoms with Gasteiger partial charge in [0.1, 0.15) is 7.28 Å². The molecule has 0 heterocycles. The maximum Gasteiger partial charge on any atom is 0.102 e. The van der Waals surface area contributed by atoms with Crippen molar-refractivity contribution in [2.24, 2.45) is 0 Å². The third-order valence-corrected chi connectivity index (χ3v) is 0. The van der Waals surface area contributed by atoms with Gasteiger partial charge in [0.15, 0.2) is 0 Å². The molecule has 0 bridgehead atoms. The van der Waals surface area contributed by atoms with Crippen molar-refractivity contribution in [3.8, 4) is 0 Å². The first kappa shape index (κ1) is 22.4. The second-order valence-electron chi connectivity index (χ2n) is 0.577. The van der Waals surface area contributed by atoms with E-state index >= 15 is 0 Å².